The van der Waals surface area contributed by atoms with Crippen LogP contribution in [0.5, 0.6) is 0 Å². The number of amides is 1. The van der Waals surface area contributed by atoms with Gasteiger partial charge in [-0.3, -0.25) is 9.59 Å². The van der Waals surface area contributed by atoms with Crippen LogP contribution in [-0.4, -0.2) is 30.2 Å². The fraction of sp³-hybridized carbons (Fsp3) is 0.778. The lowest BCUT2D eigenvalue weighted by Crippen LogP contribution is -2.31. The van der Waals surface area contributed by atoms with E-state index in [9.17, 15) is 9.59 Å². The van der Waals surface area contributed by atoms with Crippen molar-refractivity contribution >= 4 is 11.7 Å². The lowest BCUT2D eigenvalue weighted by molar-refractivity contribution is -0.137. The molecule has 0 aromatic rings. The molecule has 1 aliphatic heterocycles. The number of carbonyl (C=O) groups excluding carboxylic acids is 2. The maximum Gasteiger partial charge on any atom is 0.233 e. The number of rotatable bonds is 0. The van der Waals surface area contributed by atoms with Crippen LogP contribution in [0.1, 0.15) is 19.3 Å². The van der Waals surface area contributed by atoms with Crippen molar-refractivity contribution in [1.82, 2.24) is 4.90 Å². The molecule has 2 unspecified atom stereocenters. The largest absolute Gasteiger partial charge is 0.345 e. The SMILES string of the molecule is CN1CC2CCCC(=O)C2C1=O. The molecular weight excluding hydrogens is 154 g/mol. The second-order valence-corrected chi connectivity index (χ2v) is 3.82. The smallest absolute Gasteiger partial charge is 0.233 e. The standard InChI is InChI=1S/C9H13NO2/c1-10-5-6-3-2-4-7(11)8(6)9(10)12/h6,8H,2-5H2,1H3. The van der Waals surface area contributed by atoms with Crippen molar-refractivity contribution in [2.45, 2.75) is 19.3 Å². The second kappa shape index (κ2) is 2.57. The van der Waals surface area contributed by atoms with Crippen LogP contribution in [0.2, 0.25) is 0 Å². The van der Waals surface area contributed by atoms with Crippen LogP contribution in [0.4, 0.5) is 0 Å². The molecule has 0 radical (unpaired) electrons. The summed E-state index contributed by atoms with van der Waals surface area (Å²) in [7, 11) is 1.79. The van der Waals surface area contributed by atoms with E-state index in [0.717, 1.165) is 19.4 Å². The molecule has 0 N–H and O–H groups in total. The fourth-order valence-electron chi connectivity index (χ4n) is 2.34. The van der Waals surface area contributed by atoms with Gasteiger partial charge >= 0.3 is 0 Å². The normalized spacial score (nSPS) is 35.6. The summed E-state index contributed by atoms with van der Waals surface area (Å²) in [5, 5.41) is 0. The summed E-state index contributed by atoms with van der Waals surface area (Å²) in [5.41, 5.74) is 0. The molecule has 0 bridgehead atoms. The van der Waals surface area contributed by atoms with Crippen molar-refractivity contribution in [3.05, 3.63) is 0 Å². The third-order valence-electron chi connectivity index (χ3n) is 2.97. The first kappa shape index (κ1) is 7.77. The van der Waals surface area contributed by atoms with Crippen LogP contribution in [0.3, 0.4) is 0 Å². The van der Waals surface area contributed by atoms with Crippen molar-refractivity contribution in [2.24, 2.45) is 11.8 Å². The van der Waals surface area contributed by atoms with Crippen LogP contribution in [0, 0.1) is 11.8 Å². The van der Waals surface area contributed by atoms with E-state index < -0.39 is 0 Å². The molecule has 1 heterocycles. The van der Waals surface area contributed by atoms with Gasteiger partial charge < -0.3 is 4.90 Å². The molecule has 2 atom stereocenters. The highest BCUT2D eigenvalue weighted by Crippen LogP contribution is 2.33. The average molecular weight is 167 g/mol. The Morgan fingerprint density at radius 1 is 1.42 bits per heavy atom. The molecule has 3 heteroatoms. The fourth-order valence-corrected chi connectivity index (χ4v) is 2.34. The Balaban J connectivity index is 2.23. The molecule has 1 saturated heterocycles. The predicted molar refractivity (Wildman–Crippen MR) is 43.5 cm³/mol. The number of Topliss-reactive ketones (excluding diaryl/α,β-unsaturated/α-hetero) is 1. The van der Waals surface area contributed by atoms with E-state index in [1.54, 1.807) is 11.9 Å². The van der Waals surface area contributed by atoms with Gasteiger partial charge in [-0.05, 0) is 18.8 Å². The van der Waals surface area contributed by atoms with Gasteiger partial charge in [0.15, 0.2) is 0 Å². The Morgan fingerprint density at radius 3 is 2.83 bits per heavy atom. The van der Waals surface area contributed by atoms with Crippen molar-refractivity contribution in [2.75, 3.05) is 13.6 Å². The Labute approximate surface area is 71.7 Å². The van der Waals surface area contributed by atoms with Crippen molar-refractivity contribution in [1.29, 1.82) is 0 Å². The molecule has 0 spiro atoms. The number of ketones is 1. The number of carbonyl (C=O) groups is 2. The molecule has 12 heavy (non-hydrogen) atoms. The number of nitrogens with zero attached hydrogens (tertiary/aromatic N) is 1. The van der Waals surface area contributed by atoms with E-state index in [2.05, 4.69) is 0 Å². The Kier molecular flexibility index (Phi) is 1.67. The van der Waals surface area contributed by atoms with E-state index >= 15 is 0 Å². The van der Waals surface area contributed by atoms with Crippen LogP contribution in [0.25, 0.3) is 0 Å². The first-order chi connectivity index (χ1) is 5.70. The summed E-state index contributed by atoms with van der Waals surface area (Å²) in [5.74, 6) is 0.262. The lowest BCUT2D eigenvalue weighted by atomic mass is 9.80. The minimum absolute atomic E-state index is 0.0460. The Hall–Kier alpha value is -0.860. The van der Waals surface area contributed by atoms with Gasteiger partial charge in [-0.1, -0.05) is 0 Å². The summed E-state index contributed by atoms with van der Waals surface area (Å²) >= 11 is 0. The van der Waals surface area contributed by atoms with E-state index in [-0.39, 0.29) is 17.6 Å². The number of fused-ring (bicyclic) bond motifs is 1. The third-order valence-corrected chi connectivity index (χ3v) is 2.97. The zero-order chi connectivity index (χ0) is 8.72. The Bertz CT molecular complexity index is 237. The Morgan fingerprint density at radius 2 is 2.17 bits per heavy atom. The molecule has 0 aromatic heterocycles. The topological polar surface area (TPSA) is 37.4 Å². The zero-order valence-corrected chi connectivity index (χ0v) is 7.25. The number of hydrogen-bond donors (Lipinski definition) is 0. The van der Waals surface area contributed by atoms with Gasteiger partial charge in [0.1, 0.15) is 11.7 Å². The molecule has 1 amide bonds. The average Bonchev–Trinajstić information content (AvgIpc) is 2.29. The molecule has 66 valence electrons. The quantitative estimate of drug-likeness (QED) is 0.491. The van der Waals surface area contributed by atoms with Crippen LogP contribution in [-0.2, 0) is 9.59 Å². The van der Waals surface area contributed by atoms with E-state index in [1.807, 2.05) is 0 Å². The summed E-state index contributed by atoms with van der Waals surface area (Å²) in [6, 6.07) is 0. The monoisotopic (exact) mass is 167 g/mol. The minimum atomic E-state index is -0.274. The van der Waals surface area contributed by atoms with Gasteiger partial charge in [-0.2, -0.15) is 0 Å². The van der Waals surface area contributed by atoms with Gasteiger partial charge in [0.2, 0.25) is 5.91 Å². The first-order valence-electron chi connectivity index (χ1n) is 4.48. The lowest BCUT2D eigenvalue weighted by Gasteiger charge is -2.20. The van der Waals surface area contributed by atoms with Gasteiger partial charge in [-0.15, -0.1) is 0 Å². The molecule has 3 nitrogen and oxygen atoms in total. The van der Waals surface area contributed by atoms with Gasteiger partial charge in [0.05, 0.1) is 0 Å². The second-order valence-electron chi connectivity index (χ2n) is 3.82. The number of likely N-dealkylation sites (tertiary alicyclic amines) is 1. The maximum atomic E-state index is 11.5. The van der Waals surface area contributed by atoms with Gasteiger partial charge in [0, 0.05) is 20.0 Å². The summed E-state index contributed by atoms with van der Waals surface area (Å²) in [6.07, 6.45) is 2.63. The van der Waals surface area contributed by atoms with Crippen molar-refractivity contribution < 1.29 is 9.59 Å². The molecular formula is C9H13NO2. The molecule has 2 aliphatic rings. The van der Waals surface area contributed by atoms with E-state index in [1.165, 1.54) is 0 Å². The molecule has 2 fully saturated rings. The first-order valence-corrected chi connectivity index (χ1v) is 4.48. The molecule has 1 saturated carbocycles. The highest BCUT2D eigenvalue weighted by atomic mass is 16.2. The highest BCUT2D eigenvalue weighted by Gasteiger charge is 2.44. The van der Waals surface area contributed by atoms with Crippen LogP contribution < -0.4 is 0 Å². The minimum Gasteiger partial charge on any atom is -0.345 e. The molecule has 2 rings (SSSR count). The van der Waals surface area contributed by atoms with E-state index in [4.69, 9.17) is 0 Å². The van der Waals surface area contributed by atoms with Crippen molar-refractivity contribution in [3.8, 4) is 0 Å². The number of hydrogen-bond acceptors (Lipinski definition) is 2. The molecule has 1 aliphatic carbocycles. The summed E-state index contributed by atoms with van der Waals surface area (Å²) < 4.78 is 0. The predicted octanol–water partition coefficient (Wildman–Crippen LogP) is 0.444. The van der Waals surface area contributed by atoms with Crippen LogP contribution in [0.15, 0.2) is 0 Å². The highest BCUT2D eigenvalue weighted by molar-refractivity contribution is 6.03. The summed E-state index contributed by atoms with van der Waals surface area (Å²) in [4.78, 5) is 24.5. The van der Waals surface area contributed by atoms with Gasteiger partial charge in [0.25, 0.3) is 0 Å². The van der Waals surface area contributed by atoms with Crippen molar-refractivity contribution in [3.63, 3.8) is 0 Å². The third kappa shape index (κ3) is 0.958. The van der Waals surface area contributed by atoms with E-state index in [0.29, 0.717) is 12.3 Å². The summed E-state index contributed by atoms with van der Waals surface area (Å²) in [6.45, 7) is 0.787. The maximum absolute atomic E-state index is 11.5. The molecule has 0 aromatic carbocycles. The zero-order valence-electron chi connectivity index (χ0n) is 7.25. The van der Waals surface area contributed by atoms with Gasteiger partial charge in [-0.25, -0.2) is 0 Å². The van der Waals surface area contributed by atoms with Crippen LogP contribution >= 0.6 is 0 Å².